The second-order valence-corrected chi connectivity index (χ2v) is 8.77. The molecule has 2 aromatic rings. The summed E-state index contributed by atoms with van der Waals surface area (Å²) in [4.78, 5) is 12.7. The van der Waals surface area contributed by atoms with Crippen LogP contribution >= 0.6 is 23.2 Å². The van der Waals surface area contributed by atoms with Crippen LogP contribution in [0, 0.1) is 31.1 Å². The number of allylic oxidation sites excluding steroid dienone is 1. The van der Waals surface area contributed by atoms with E-state index in [1.54, 1.807) is 6.08 Å². The van der Waals surface area contributed by atoms with Crippen molar-refractivity contribution in [2.75, 3.05) is 5.32 Å². The van der Waals surface area contributed by atoms with Crippen LogP contribution in [0.15, 0.2) is 63.3 Å². The Morgan fingerprint density at radius 3 is 2.29 bits per heavy atom. The van der Waals surface area contributed by atoms with Crippen LogP contribution in [0.4, 0.5) is 17.1 Å². The molecule has 0 unspecified atom stereocenters. The molecule has 2 aromatic carbocycles. The molecule has 6 heteroatoms. The average Bonchev–Trinajstić information content (AvgIpc) is 3.15. The number of anilines is 1. The summed E-state index contributed by atoms with van der Waals surface area (Å²) in [6.07, 6.45) is 1.74. The van der Waals surface area contributed by atoms with Gasteiger partial charge < -0.3 is 5.32 Å². The van der Waals surface area contributed by atoms with E-state index >= 15 is 0 Å². The fraction of sp³-hybridized carbons (Fsp3) is 0.318. The maximum Gasteiger partial charge on any atom is 0.228 e. The van der Waals surface area contributed by atoms with E-state index in [0.29, 0.717) is 0 Å². The van der Waals surface area contributed by atoms with Crippen molar-refractivity contribution in [2.45, 2.75) is 27.7 Å². The maximum atomic E-state index is 12.7. The Morgan fingerprint density at radius 2 is 1.68 bits per heavy atom. The van der Waals surface area contributed by atoms with Gasteiger partial charge in [0.15, 0.2) is 0 Å². The minimum Gasteiger partial charge on any atom is -0.326 e. The SMILES string of the molecule is Cc1ccccc1N=Nc1ccc(NC(=O)[C@@H]2[C@H](C=C(Cl)Cl)C2(C)C)cc1C. The lowest BCUT2D eigenvalue weighted by Crippen LogP contribution is -2.16. The summed E-state index contributed by atoms with van der Waals surface area (Å²) in [5.74, 6) is -0.143. The van der Waals surface area contributed by atoms with E-state index in [1.807, 2.05) is 70.2 Å². The van der Waals surface area contributed by atoms with Gasteiger partial charge >= 0.3 is 0 Å². The molecule has 28 heavy (non-hydrogen) atoms. The average molecular weight is 416 g/mol. The van der Waals surface area contributed by atoms with E-state index in [-0.39, 0.29) is 27.6 Å². The van der Waals surface area contributed by atoms with Gasteiger partial charge in [-0.15, -0.1) is 0 Å². The van der Waals surface area contributed by atoms with Crippen molar-refractivity contribution in [2.24, 2.45) is 27.5 Å². The molecule has 1 N–H and O–H groups in total. The van der Waals surface area contributed by atoms with Gasteiger partial charge in [-0.2, -0.15) is 10.2 Å². The number of rotatable bonds is 5. The number of aryl methyl sites for hydroxylation is 2. The molecule has 0 aliphatic heterocycles. The Hall–Kier alpha value is -2.17. The minimum absolute atomic E-state index is 0.0329. The lowest BCUT2D eigenvalue weighted by atomic mass is 10.1. The van der Waals surface area contributed by atoms with E-state index < -0.39 is 0 Å². The summed E-state index contributed by atoms with van der Waals surface area (Å²) < 4.78 is 0.201. The van der Waals surface area contributed by atoms with E-state index in [1.165, 1.54) is 0 Å². The molecule has 0 aromatic heterocycles. The number of azo groups is 1. The van der Waals surface area contributed by atoms with Gasteiger partial charge in [-0.25, -0.2) is 0 Å². The number of hydrogen-bond acceptors (Lipinski definition) is 3. The monoisotopic (exact) mass is 415 g/mol. The third-order valence-electron chi connectivity index (χ3n) is 5.34. The summed E-state index contributed by atoms with van der Waals surface area (Å²) in [7, 11) is 0. The normalized spacial score (nSPS) is 20.1. The van der Waals surface area contributed by atoms with Crippen LogP contribution in [0.3, 0.4) is 0 Å². The summed E-state index contributed by atoms with van der Waals surface area (Å²) >= 11 is 11.5. The smallest absolute Gasteiger partial charge is 0.228 e. The predicted octanol–water partition coefficient (Wildman–Crippen LogP) is 7.25. The zero-order valence-electron chi connectivity index (χ0n) is 16.3. The first-order valence-electron chi connectivity index (χ1n) is 9.12. The maximum absolute atomic E-state index is 12.7. The molecule has 0 heterocycles. The molecule has 1 amide bonds. The molecule has 1 saturated carbocycles. The number of hydrogen-bond donors (Lipinski definition) is 1. The van der Waals surface area contributed by atoms with E-state index in [2.05, 4.69) is 15.5 Å². The number of halogens is 2. The number of carbonyl (C=O) groups is 1. The third kappa shape index (κ3) is 4.45. The molecule has 1 aliphatic rings. The lowest BCUT2D eigenvalue weighted by molar-refractivity contribution is -0.118. The molecular formula is C22H23Cl2N3O. The minimum atomic E-state index is -0.157. The van der Waals surface area contributed by atoms with Crippen molar-refractivity contribution in [3.05, 3.63) is 64.2 Å². The first-order valence-corrected chi connectivity index (χ1v) is 9.87. The Kier molecular flexibility index (Phi) is 5.92. The molecule has 0 saturated heterocycles. The zero-order valence-corrected chi connectivity index (χ0v) is 17.8. The molecule has 2 atom stereocenters. The van der Waals surface area contributed by atoms with Crippen LogP contribution in [-0.2, 0) is 4.79 Å². The third-order valence-corrected chi connectivity index (χ3v) is 5.60. The van der Waals surface area contributed by atoms with E-state index in [4.69, 9.17) is 23.2 Å². The Morgan fingerprint density at radius 1 is 1.04 bits per heavy atom. The summed E-state index contributed by atoms with van der Waals surface area (Å²) in [6, 6.07) is 13.4. The van der Waals surface area contributed by atoms with Crippen LogP contribution in [-0.4, -0.2) is 5.91 Å². The summed E-state index contributed by atoms with van der Waals surface area (Å²) in [5.41, 5.74) is 4.19. The molecule has 3 rings (SSSR count). The first kappa shape index (κ1) is 20.6. The Bertz CT molecular complexity index is 962. The molecule has 0 spiro atoms. The Balaban J connectivity index is 1.70. The van der Waals surface area contributed by atoms with Gasteiger partial charge in [0.2, 0.25) is 5.91 Å². The van der Waals surface area contributed by atoms with Gasteiger partial charge in [0.25, 0.3) is 0 Å². The first-order chi connectivity index (χ1) is 13.2. The molecule has 0 bridgehead atoms. The molecule has 4 nitrogen and oxygen atoms in total. The standard InChI is InChI=1S/C22H23Cl2N3O/c1-13-7-5-6-8-17(13)26-27-18-10-9-15(11-14(18)2)25-21(28)20-16(12-19(23)24)22(20,3)4/h5-12,16,20H,1-4H3,(H,25,28)/t16-,20-/m0/s1. The van der Waals surface area contributed by atoms with Crippen molar-refractivity contribution in [1.29, 1.82) is 0 Å². The molecular weight excluding hydrogens is 393 g/mol. The highest BCUT2D eigenvalue weighted by molar-refractivity contribution is 6.55. The van der Waals surface area contributed by atoms with Crippen LogP contribution < -0.4 is 5.32 Å². The van der Waals surface area contributed by atoms with Crippen molar-refractivity contribution in [3.8, 4) is 0 Å². The number of nitrogens with zero attached hydrogens (tertiary/aromatic N) is 2. The van der Waals surface area contributed by atoms with Crippen molar-refractivity contribution >= 4 is 46.2 Å². The molecule has 1 fully saturated rings. The van der Waals surface area contributed by atoms with E-state index in [0.717, 1.165) is 28.2 Å². The zero-order chi connectivity index (χ0) is 20.5. The molecule has 146 valence electrons. The van der Waals surface area contributed by atoms with Gasteiger partial charge in [0.1, 0.15) is 4.49 Å². The summed E-state index contributed by atoms with van der Waals surface area (Å²) in [6.45, 7) is 8.02. The molecule has 1 aliphatic carbocycles. The highest BCUT2D eigenvalue weighted by Gasteiger charge is 2.60. The summed E-state index contributed by atoms with van der Waals surface area (Å²) in [5, 5.41) is 11.7. The van der Waals surface area contributed by atoms with E-state index in [9.17, 15) is 4.79 Å². The second-order valence-electron chi connectivity index (χ2n) is 7.76. The lowest BCUT2D eigenvalue weighted by Gasteiger charge is -2.08. The highest BCUT2D eigenvalue weighted by Crippen LogP contribution is 2.60. The molecule has 0 radical (unpaired) electrons. The Labute approximate surface area is 175 Å². The highest BCUT2D eigenvalue weighted by atomic mass is 35.5. The number of amides is 1. The largest absolute Gasteiger partial charge is 0.326 e. The van der Waals surface area contributed by atoms with Crippen molar-refractivity contribution in [3.63, 3.8) is 0 Å². The fourth-order valence-electron chi connectivity index (χ4n) is 3.47. The second kappa shape index (κ2) is 8.06. The van der Waals surface area contributed by atoms with Gasteiger partial charge in [0.05, 0.1) is 17.3 Å². The van der Waals surface area contributed by atoms with Gasteiger partial charge in [-0.3, -0.25) is 4.79 Å². The predicted molar refractivity (Wildman–Crippen MR) is 116 cm³/mol. The van der Waals surface area contributed by atoms with Crippen LogP contribution in [0.25, 0.3) is 0 Å². The van der Waals surface area contributed by atoms with Gasteiger partial charge in [-0.05, 0) is 66.6 Å². The fourth-order valence-corrected chi connectivity index (χ4v) is 3.75. The van der Waals surface area contributed by atoms with Crippen LogP contribution in [0.2, 0.25) is 0 Å². The van der Waals surface area contributed by atoms with Crippen molar-refractivity contribution < 1.29 is 4.79 Å². The van der Waals surface area contributed by atoms with Crippen molar-refractivity contribution in [1.82, 2.24) is 0 Å². The number of benzene rings is 2. The van der Waals surface area contributed by atoms with Crippen LogP contribution in [0.1, 0.15) is 25.0 Å². The topological polar surface area (TPSA) is 53.8 Å². The van der Waals surface area contributed by atoms with Crippen LogP contribution in [0.5, 0.6) is 0 Å². The quantitative estimate of drug-likeness (QED) is 0.513. The van der Waals surface area contributed by atoms with Gasteiger partial charge in [-0.1, -0.05) is 55.2 Å². The number of carbonyl (C=O) groups excluding carboxylic acids is 1. The number of nitrogens with one attached hydrogen (secondary N) is 1. The van der Waals surface area contributed by atoms with Gasteiger partial charge in [0, 0.05) is 5.69 Å².